The van der Waals surface area contributed by atoms with E-state index in [0.717, 1.165) is 39.4 Å². The summed E-state index contributed by atoms with van der Waals surface area (Å²) in [4.78, 5) is 10.6. The Hall–Kier alpha value is -6.56. The number of hydrogen-bond donors (Lipinski definition) is 0. The molecule has 0 radical (unpaired) electrons. The molecule has 0 atom stereocenters. The SMILES string of the molecule is c1ccc(-c2nc(-c3cccc4c3sc3ccccc34)cc(-n3c4ccccc4c4cc5c(cc43)c3ccccc3n5-c3ccccc3)n2)cc1. The highest BCUT2D eigenvalue weighted by Gasteiger charge is 2.21. The van der Waals surface area contributed by atoms with Crippen LogP contribution in [0.5, 0.6) is 0 Å². The van der Waals surface area contributed by atoms with Gasteiger partial charge in [0.25, 0.3) is 0 Å². The maximum absolute atomic E-state index is 5.34. The van der Waals surface area contributed by atoms with Gasteiger partial charge in [0.15, 0.2) is 5.82 Å². The van der Waals surface area contributed by atoms with E-state index in [4.69, 9.17) is 9.97 Å². The zero-order chi connectivity index (χ0) is 33.5. The van der Waals surface area contributed by atoms with Crippen molar-refractivity contribution in [2.45, 2.75) is 0 Å². The number of nitrogens with zero attached hydrogens (tertiary/aromatic N) is 4. The molecular formula is C46H28N4S. The molecule has 0 amide bonds. The van der Waals surface area contributed by atoms with E-state index < -0.39 is 0 Å². The molecule has 0 N–H and O–H groups in total. The molecule has 5 heteroatoms. The average molecular weight is 669 g/mol. The topological polar surface area (TPSA) is 35.6 Å². The summed E-state index contributed by atoms with van der Waals surface area (Å²) in [7, 11) is 0. The van der Waals surface area contributed by atoms with E-state index in [0.29, 0.717) is 5.82 Å². The summed E-state index contributed by atoms with van der Waals surface area (Å²) in [5.41, 5.74) is 8.75. The van der Waals surface area contributed by atoms with Crippen LogP contribution < -0.4 is 0 Å². The predicted molar refractivity (Wildman–Crippen MR) is 214 cm³/mol. The second kappa shape index (κ2) is 11.0. The van der Waals surface area contributed by atoms with E-state index in [1.165, 1.54) is 52.8 Å². The molecule has 11 aromatic rings. The van der Waals surface area contributed by atoms with Crippen molar-refractivity contribution < 1.29 is 0 Å². The van der Waals surface area contributed by atoms with Gasteiger partial charge in [-0.2, -0.15) is 0 Å². The van der Waals surface area contributed by atoms with Crippen LogP contribution in [0.2, 0.25) is 0 Å². The van der Waals surface area contributed by atoms with Gasteiger partial charge in [0.1, 0.15) is 5.82 Å². The highest BCUT2D eigenvalue weighted by molar-refractivity contribution is 7.26. The highest BCUT2D eigenvalue weighted by Crippen LogP contribution is 2.42. The molecule has 0 aliphatic carbocycles. The first-order chi connectivity index (χ1) is 25.3. The fourth-order valence-electron chi connectivity index (χ4n) is 7.88. The van der Waals surface area contributed by atoms with E-state index in [1.807, 2.05) is 17.4 Å². The Balaban J connectivity index is 1.24. The van der Waals surface area contributed by atoms with Crippen molar-refractivity contribution in [3.05, 3.63) is 170 Å². The van der Waals surface area contributed by atoms with E-state index in [2.05, 4.69) is 173 Å². The molecule has 0 bridgehead atoms. The fourth-order valence-corrected chi connectivity index (χ4v) is 9.11. The lowest BCUT2D eigenvalue weighted by Crippen LogP contribution is -2.02. The quantitative estimate of drug-likeness (QED) is 0.187. The average Bonchev–Trinajstić information content (AvgIpc) is 3.85. The maximum Gasteiger partial charge on any atom is 0.162 e. The van der Waals surface area contributed by atoms with E-state index >= 15 is 0 Å². The molecule has 0 saturated heterocycles. The lowest BCUT2D eigenvalue weighted by Gasteiger charge is -2.13. The zero-order valence-electron chi connectivity index (χ0n) is 27.4. The van der Waals surface area contributed by atoms with Crippen molar-refractivity contribution in [1.82, 2.24) is 19.1 Å². The Bertz CT molecular complexity index is 3130. The van der Waals surface area contributed by atoms with Gasteiger partial charge in [0, 0.05) is 64.6 Å². The molecule has 7 aromatic carbocycles. The van der Waals surface area contributed by atoms with Crippen LogP contribution >= 0.6 is 11.3 Å². The zero-order valence-corrected chi connectivity index (χ0v) is 28.2. The number of para-hydroxylation sites is 3. The summed E-state index contributed by atoms with van der Waals surface area (Å²) >= 11 is 1.83. The minimum absolute atomic E-state index is 0.703. The molecule has 0 aliphatic heterocycles. The van der Waals surface area contributed by atoms with Gasteiger partial charge in [-0.25, -0.2) is 9.97 Å². The Morgan fingerprint density at radius 2 is 1.00 bits per heavy atom. The van der Waals surface area contributed by atoms with Crippen molar-refractivity contribution in [1.29, 1.82) is 0 Å². The number of benzene rings is 7. The van der Waals surface area contributed by atoms with Crippen molar-refractivity contribution >= 4 is 75.1 Å². The van der Waals surface area contributed by atoms with Gasteiger partial charge in [0.2, 0.25) is 0 Å². The third-order valence-electron chi connectivity index (χ3n) is 10.1. The number of thiophene rings is 1. The Kier molecular flexibility index (Phi) is 6.09. The largest absolute Gasteiger partial charge is 0.309 e. The molecule has 4 nitrogen and oxygen atoms in total. The van der Waals surface area contributed by atoms with Gasteiger partial charge in [-0.3, -0.25) is 4.57 Å². The second-order valence-electron chi connectivity index (χ2n) is 13.0. The summed E-state index contributed by atoms with van der Waals surface area (Å²) in [6.07, 6.45) is 0. The summed E-state index contributed by atoms with van der Waals surface area (Å²) < 4.78 is 7.23. The van der Waals surface area contributed by atoms with Crippen LogP contribution in [-0.4, -0.2) is 19.1 Å². The van der Waals surface area contributed by atoms with Gasteiger partial charge < -0.3 is 4.57 Å². The van der Waals surface area contributed by atoms with Crippen molar-refractivity contribution in [2.24, 2.45) is 0 Å². The van der Waals surface area contributed by atoms with Crippen LogP contribution in [0.25, 0.3) is 97.9 Å². The van der Waals surface area contributed by atoms with Crippen LogP contribution in [-0.2, 0) is 0 Å². The Morgan fingerprint density at radius 1 is 0.412 bits per heavy atom. The van der Waals surface area contributed by atoms with Gasteiger partial charge in [-0.05, 0) is 42.5 Å². The molecule has 0 aliphatic rings. The first kappa shape index (κ1) is 28.3. The Labute approximate surface area is 297 Å². The molecule has 0 fully saturated rings. The number of fused-ring (bicyclic) bond motifs is 9. The third-order valence-corrected chi connectivity index (χ3v) is 11.4. The smallest absolute Gasteiger partial charge is 0.162 e. The molecule has 4 aromatic heterocycles. The lowest BCUT2D eigenvalue weighted by molar-refractivity contribution is 1.05. The van der Waals surface area contributed by atoms with Crippen LogP contribution in [0.1, 0.15) is 0 Å². The number of rotatable bonds is 4. The molecule has 51 heavy (non-hydrogen) atoms. The van der Waals surface area contributed by atoms with Crippen LogP contribution in [0.15, 0.2) is 170 Å². The molecule has 11 rings (SSSR count). The fraction of sp³-hybridized carbons (Fsp3) is 0. The third kappa shape index (κ3) is 4.25. The first-order valence-corrected chi connectivity index (χ1v) is 18.0. The summed E-state index contributed by atoms with van der Waals surface area (Å²) in [5.74, 6) is 1.54. The highest BCUT2D eigenvalue weighted by atomic mass is 32.1. The standard InChI is InChI=1S/C46H28N4S/c1-3-14-29(15-4-1)46-47-38(35-22-13-21-34-33-20-9-12-25-43(33)51-45(34)35)28-44(48-46)50-40-24-11-8-19-32(40)37-26-41-36(27-42(37)50)31-18-7-10-23-39(31)49(41)30-16-5-2-6-17-30/h1-28H. The van der Waals surface area contributed by atoms with Crippen LogP contribution in [0, 0.1) is 0 Å². The van der Waals surface area contributed by atoms with Gasteiger partial charge in [0.05, 0.1) is 27.8 Å². The molecule has 0 saturated carbocycles. The lowest BCUT2D eigenvalue weighted by atomic mass is 10.1. The van der Waals surface area contributed by atoms with Crippen LogP contribution in [0.4, 0.5) is 0 Å². The maximum atomic E-state index is 5.34. The molecule has 238 valence electrons. The van der Waals surface area contributed by atoms with Crippen molar-refractivity contribution in [3.63, 3.8) is 0 Å². The van der Waals surface area contributed by atoms with E-state index in [9.17, 15) is 0 Å². The molecule has 0 spiro atoms. The number of aromatic nitrogens is 4. The monoisotopic (exact) mass is 668 g/mol. The van der Waals surface area contributed by atoms with Crippen molar-refractivity contribution in [2.75, 3.05) is 0 Å². The van der Waals surface area contributed by atoms with E-state index in [-0.39, 0.29) is 0 Å². The van der Waals surface area contributed by atoms with Gasteiger partial charge in [-0.15, -0.1) is 11.3 Å². The summed E-state index contributed by atoms with van der Waals surface area (Å²) in [5, 5.41) is 7.33. The first-order valence-electron chi connectivity index (χ1n) is 17.2. The summed E-state index contributed by atoms with van der Waals surface area (Å²) in [6, 6.07) is 60.5. The van der Waals surface area contributed by atoms with Crippen molar-refractivity contribution in [3.8, 4) is 34.2 Å². The predicted octanol–water partition coefficient (Wildman–Crippen LogP) is 12.4. The van der Waals surface area contributed by atoms with E-state index in [1.54, 1.807) is 0 Å². The van der Waals surface area contributed by atoms with Crippen LogP contribution in [0.3, 0.4) is 0 Å². The second-order valence-corrected chi connectivity index (χ2v) is 14.1. The summed E-state index contributed by atoms with van der Waals surface area (Å²) in [6.45, 7) is 0. The van der Waals surface area contributed by atoms with Gasteiger partial charge in [-0.1, -0.05) is 121 Å². The minimum atomic E-state index is 0.703. The number of hydrogen-bond acceptors (Lipinski definition) is 3. The van der Waals surface area contributed by atoms with Gasteiger partial charge >= 0.3 is 0 Å². The minimum Gasteiger partial charge on any atom is -0.309 e. The molecule has 0 unspecified atom stereocenters. The molecule has 4 heterocycles. The normalized spacial score (nSPS) is 11.9. The Morgan fingerprint density at radius 3 is 1.75 bits per heavy atom. The molecular weight excluding hydrogens is 641 g/mol.